The molecule has 0 saturated heterocycles. The van der Waals surface area contributed by atoms with Gasteiger partial charge in [-0.2, -0.15) is 0 Å². The van der Waals surface area contributed by atoms with Gasteiger partial charge in [0.2, 0.25) is 10.0 Å². The van der Waals surface area contributed by atoms with E-state index in [1.54, 1.807) is 31.2 Å². The Morgan fingerprint density at radius 1 is 1.14 bits per heavy atom. The van der Waals surface area contributed by atoms with Crippen LogP contribution >= 0.6 is 0 Å². The Labute approximate surface area is 203 Å². The van der Waals surface area contributed by atoms with Gasteiger partial charge < -0.3 is 14.0 Å². The van der Waals surface area contributed by atoms with E-state index in [4.69, 9.17) is 4.42 Å². The number of fused-ring (bicyclic) bond motifs is 3. The van der Waals surface area contributed by atoms with E-state index in [0.717, 1.165) is 24.5 Å². The molecule has 11 heteroatoms. The molecule has 0 saturated carbocycles. The molecule has 0 radical (unpaired) electrons. The molecular formula is C25H19F2N3O5S. The minimum atomic E-state index is -4.02. The van der Waals surface area contributed by atoms with E-state index >= 15 is 0 Å². The fourth-order valence-corrected chi connectivity index (χ4v) is 4.83. The predicted octanol–water partition coefficient (Wildman–Crippen LogP) is 4.07. The Bertz CT molecular complexity index is 1850. The first-order chi connectivity index (χ1) is 17.0. The maximum absolute atomic E-state index is 14.7. The average molecular weight is 512 g/mol. The summed E-state index contributed by atoms with van der Waals surface area (Å²) in [5, 5.41) is 1.03. The lowest BCUT2D eigenvalue weighted by Gasteiger charge is -2.13. The highest BCUT2D eigenvalue weighted by atomic mass is 32.2. The van der Waals surface area contributed by atoms with Crippen LogP contribution in [0.2, 0.25) is 0 Å². The number of hydrogen-bond acceptors (Lipinski definition) is 5. The summed E-state index contributed by atoms with van der Waals surface area (Å²) in [4.78, 5) is 28.8. The van der Waals surface area contributed by atoms with Crippen LogP contribution in [0.3, 0.4) is 0 Å². The van der Waals surface area contributed by atoms with Crippen molar-refractivity contribution in [3.63, 3.8) is 0 Å². The number of hydrogen-bond donors (Lipinski definition) is 2. The molecule has 36 heavy (non-hydrogen) atoms. The van der Waals surface area contributed by atoms with E-state index in [9.17, 15) is 26.8 Å². The van der Waals surface area contributed by atoms with Crippen LogP contribution in [-0.4, -0.2) is 30.1 Å². The predicted molar refractivity (Wildman–Crippen MR) is 130 cm³/mol. The van der Waals surface area contributed by atoms with Gasteiger partial charge >= 0.3 is 0 Å². The molecule has 8 nitrogen and oxygen atoms in total. The fourth-order valence-electron chi connectivity index (χ4n) is 4.39. The van der Waals surface area contributed by atoms with E-state index in [1.807, 2.05) is 4.72 Å². The first-order valence-corrected chi connectivity index (χ1v) is 12.6. The molecule has 5 rings (SSSR count). The number of pyridine rings is 1. The Hall–Kier alpha value is -4.25. The molecule has 0 bridgehead atoms. The molecule has 0 aliphatic heterocycles. The highest BCUT2D eigenvalue weighted by Crippen LogP contribution is 2.40. The number of nitrogens with zero attached hydrogens (tertiary/aromatic N) is 1. The Morgan fingerprint density at radius 3 is 2.64 bits per heavy atom. The summed E-state index contributed by atoms with van der Waals surface area (Å²) in [5.74, 6) is -1.88. The number of halogens is 2. The van der Waals surface area contributed by atoms with Gasteiger partial charge in [0.1, 0.15) is 28.7 Å². The minimum Gasteiger partial charge on any atom is -0.461 e. The third kappa shape index (κ3) is 4.07. The zero-order valence-corrected chi connectivity index (χ0v) is 19.9. The van der Waals surface area contributed by atoms with Crippen LogP contribution in [0, 0.1) is 18.6 Å². The normalized spacial score (nSPS) is 11.9. The highest BCUT2D eigenvalue weighted by Gasteiger charge is 2.29. The highest BCUT2D eigenvalue weighted by molar-refractivity contribution is 7.89. The quantitative estimate of drug-likeness (QED) is 0.369. The Balaban J connectivity index is 1.95. The molecule has 0 aliphatic carbocycles. The second-order valence-electron chi connectivity index (χ2n) is 8.40. The van der Waals surface area contributed by atoms with Crippen molar-refractivity contribution < 1.29 is 26.4 Å². The van der Waals surface area contributed by atoms with Crippen molar-refractivity contribution in [3.8, 4) is 11.1 Å². The van der Waals surface area contributed by atoms with Crippen LogP contribution in [0.25, 0.3) is 33.0 Å². The van der Waals surface area contributed by atoms with Crippen molar-refractivity contribution in [3.05, 3.63) is 93.7 Å². The summed E-state index contributed by atoms with van der Waals surface area (Å²) < 4.78 is 61.8. The summed E-state index contributed by atoms with van der Waals surface area (Å²) in [6.45, 7) is 1.40. The molecular weight excluding hydrogens is 492 g/mol. The Morgan fingerprint density at radius 2 is 1.92 bits per heavy atom. The van der Waals surface area contributed by atoms with Gasteiger partial charge in [0.15, 0.2) is 0 Å². The lowest BCUT2D eigenvalue weighted by atomic mass is 10.0. The summed E-state index contributed by atoms with van der Waals surface area (Å²) in [6.07, 6.45) is 2.23. The number of rotatable bonds is 5. The van der Waals surface area contributed by atoms with E-state index in [-0.39, 0.29) is 28.9 Å². The van der Waals surface area contributed by atoms with E-state index < -0.39 is 33.1 Å². The second-order valence-corrected chi connectivity index (χ2v) is 10.1. The minimum absolute atomic E-state index is 0.0705. The fraction of sp³-hybridized carbons (Fsp3) is 0.120. The lowest BCUT2D eigenvalue weighted by Crippen LogP contribution is -2.32. The number of carbonyl (C=O) groups excluding carboxylic acids is 1. The van der Waals surface area contributed by atoms with Crippen molar-refractivity contribution in [2.24, 2.45) is 0 Å². The molecule has 0 atom stereocenters. The van der Waals surface area contributed by atoms with Crippen LogP contribution in [0.1, 0.15) is 21.8 Å². The average Bonchev–Trinajstić information content (AvgIpc) is 3.32. The molecule has 1 amide bonds. The van der Waals surface area contributed by atoms with Gasteiger partial charge in [-0.3, -0.25) is 9.59 Å². The van der Waals surface area contributed by atoms with Crippen LogP contribution in [0.5, 0.6) is 0 Å². The molecule has 3 heterocycles. The molecule has 184 valence electrons. The molecule has 0 spiro atoms. The standard InChI is InChI=1S/C25H19F2N3O5S/c1-13-10-14-5-8-19-21(23(14)35-13)20(17-4-3-9-28-24(17)31)22(25(32)29-36(2,33)34)30(19)12-15-11-16(26)6-7-18(15)27/h3-11H,12H2,1-2H3,(H,28,31)(H,29,32). The van der Waals surface area contributed by atoms with Gasteiger partial charge in [0.25, 0.3) is 11.5 Å². The van der Waals surface area contributed by atoms with Crippen molar-refractivity contribution in [1.29, 1.82) is 0 Å². The van der Waals surface area contributed by atoms with Gasteiger partial charge in [-0.05, 0) is 55.5 Å². The number of aryl methyl sites for hydroxylation is 1. The maximum Gasteiger partial charge on any atom is 0.282 e. The first kappa shape index (κ1) is 23.5. The topological polar surface area (TPSA) is 114 Å². The molecule has 0 aliphatic rings. The molecule has 0 fully saturated rings. The lowest BCUT2D eigenvalue weighted by molar-refractivity contribution is 0.0974. The SMILES string of the molecule is Cc1cc2ccc3c(c(-c4ccc[nH]c4=O)c(C(=O)NS(C)(=O)=O)n3Cc3cc(F)ccc3F)c2o1. The number of aromatic amines is 1. The summed E-state index contributed by atoms with van der Waals surface area (Å²) in [7, 11) is -4.02. The number of aromatic nitrogens is 2. The largest absolute Gasteiger partial charge is 0.461 e. The number of benzene rings is 2. The molecule has 2 N–H and O–H groups in total. The zero-order chi connectivity index (χ0) is 25.8. The van der Waals surface area contributed by atoms with E-state index in [2.05, 4.69) is 4.98 Å². The molecule has 5 aromatic rings. The monoisotopic (exact) mass is 511 g/mol. The van der Waals surface area contributed by atoms with Gasteiger partial charge in [-0.1, -0.05) is 0 Å². The van der Waals surface area contributed by atoms with Crippen LogP contribution in [0.15, 0.2) is 63.9 Å². The summed E-state index contributed by atoms with van der Waals surface area (Å²) in [6, 6.07) is 11.1. The third-order valence-corrected chi connectivity index (χ3v) is 6.31. The number of nitrogens with one attached hydrogen (secondary N) is 2. The number of H-pyrrole nitrogens is 1. The zero-order valence-electron chi connectivity index (χ0n) is 19.1. The van der Waals surface area contributed by atoms with Gasteiger partial charge in [-0.15, -0.1) is 0 Å². The summed E-state index contributed by atoms with van der Waals surface area (Å²) in [5.41, 5.74) is 0.0440. The van der Waals surface area contributed by atoms with Crippen LogP contribution in [0.4, 0.5) is 8.78 Å². The maximum atomic E-state index is 14.7. The van der Waals surface area contributed by atoms with Gasteiger partial charge in [0, 0.05) is 22.7 Å². The second kappa shape index (κ2) is 8.45. The first-order valence-electron chi connectivity index (χ1n) is 10.7. The number of amides is 1. The number of furan rings is 1. The van der Waals surface area contributed by atoms with Crippen LogP contribution in [-0.2, 0) is 16.6 Å². The smallest absolute Gasteiger partial charge is 0.282 e. The van der Waals surface area contributed by atoms with Crippen LogP contribution < -0.4 is 10.3 Å². The van der Waals surface area contributed by atoms with E-state index in [0.29, 0.717) is 27.6 Å². The van der Waals surface area contributed by atoms with E-state index in [1.165, 1.54) is 16.8 Å². The van der Waals surface area contributed by atoms with Crippen molar-refractivity contribution in [2.45, 2.75) is 13.5 Å². The van der Waals surface area contributed by atoms with Crippen molar-refractivity contribution in [2.75, 3.05) is 6.26 Å². The number of sulfonamides is 1. The summed E-state index contributed by atoms with van der Waals surface area (Å²) >= 11 is 0. The van der Waals surface area contributed by atoms with Gasteiger partial charge in [0.05, 0.1) is 29.3 Å². The van der Waals surface area contributed by atoms with Crippen molar-refractivity contribution >= 4 is 37.8 Å². The van der Waals surface area contributed by atoms with Crippen molar-refractivity contribution in [1.82, 2.24) is 14.3 Å². The third-order valence-electron chi connectivity index (χ3n) is 5.75. The molecule has 2 aromatic carbocycles. The number of carbonyl (C=O) groups is 1. The molecule has 0 unspecified atom stereocenters. The Kier molecular flexibility index (Phi) is 5.51. The molecule has 3 aromatic heterocycles. The van der Waals surface area contributed by atoms with Gasteiger partial charge in [-0.25, -0.2) is 21.9 Å².